The zero-order valence-electron chi connectivity index (χ0n) is 19.3. The molecular weight excluding hydrogens is 431 g/mol. The van der Waals surface area contributed by atoms with E-state index in [1.807, 2.05) is 30.3 Å². The number of hydrogen-bond donors (Lipinski definition) is 1. The van der Waals surface area contributed by atoms with Crippen molar-refractivity contribution in [3.05, 3.63) is 60.0 Å². The summed E-state index contributed by atoms with van der Waals surface area (Å²) in [5.41, 5.74) is 5.08. The third-order valence-corrected chi connectivity index (χ3v) is 6.62. The maximum absolute atomic E-state index is 14.7. The second-order valence-electron chi connectivity index (χ2n) is 9.28. The Morgan fingerprint density at radius 1 is 1.12 bits per heavy atom. The van der Waals surface area contributed by atoms with Gasteiger partial charge < -0.3 is 9.57 Å². The third kappa shape index (κ3) is 4.34. The largest absolute Gasteiger partial charge is 0.490 e. The van der Waals surface area contributed by atoms with Gasteiger partial charge in [0.05, 0.1) is 23.3 Å². The van der Waals surface area contributed by atoms with Crippen LogP contribution in [0.2, 0.25) is 0 Å². The van der Waals surface area contributed by atoms with E-state index in [-0.39, 0.29) is 12.3 Å². The number of para-hydroxylation sites is 1. The van der Waals surface area contributed by atoms with E-state index in [9.17, 15) is 4.39 Å². The van der Waals surface area contributed by atoms with E-state index in [1.165, 1.54) is 6.07 Å². The smallest absolute Gasteiger partial charge is 0.214 e. The van der Waals surface area contributed by atoms with Crippen molar-refractivity contribution in [2.45, 2.75) is 51.8 Å². The number of hydroxylamine groups is 1. The third-order valence-electron chi connectivity index (χ3n) is 6.62. The highest BCUT2D eigenvalue weighted by Crippen LogP contribution is 2.36. The van der Waals surface area contributed by atoms with Gasteiger partial charge in [0.1, 0.15) is 17.7 Å². The SMILES string of the molecule is CC(C)C1N=C(C2CCC(Oc3ccnc4c(-c5ccc(C#N)cc5F)cccc34)CC2)ON1. The molecule has 1 saturated carbocycles. The van der Waals surface area contributed by atoms with Crippen LogP contribution in [0.15, 0.2) is 53.7 Å². The molecule has 34 heavy (non-hydrogen) atoms. The predicted octanol–water partition coefficient (Wildman–Crippen LogP) is 5.77. The number of aromatic nitrogens is 1. The number of aliphatic imine (C=N–C) groups is 1. The molecule has 1 atom stereocenters. The Morgan fingerprint density at radius 2 is 1.94 bits per heavy atom. The lowest BCUT2D eigenvalue weighted by Crippen LogP contribution is -2.30. The minimum absolute atomic E-state index is 0.0299. The Morgan fingerprint density at radius 3 is 2.65 bits per heavy atom. The molecule has 0 spiro atoms. The van der Waals surface area contributed by atoms with Crippen molar-refractivity contribution in [2.75, 3.05) is 0 Å². The maximum atomic E-state index is 14.7. The topological polar surface area (TPSA) is 79.5 Å². The van der Waals surface area contributed by atoms with Crippen LogP contribution in [0.3, 0.4) is 0 Å². The van der Waals surface area contributed by atoms with Gasteiger partial charge in [0, 0.05) is 28.6 Å². The maximum Gasteiger partial charge on any atom is 0.214 e. The van der Waals surface area contributed by atoms with Gasteiger partial charge in [-0.15, -0.1) is 5.48 Å². The number of nitrogens with one attached hydrogen (secondary N) is 1. The van der Waals surface area contributed by atoms with E-state index in [0.29, 0.717) is 34.0 Å². The monoisotopic (exact) mass is 458 g/mol. The summed E-state index contributed by atoms with van der Waals surface area (Å²) in [6.45, 7) is 4.25. The molecule has 0 amide bonds. The molecule has 1 unspecified atom stereocenters. The summed E-state index contributed by atoms with van der Waals surface area (Å²) in [7, 11) is 0. The molecule has 1 aliphatic heterocycles. The second-order valence-corrected chi connectivity index (χ2v) is 9.28. The number of fused-ring (bicyclic) bond motifs is 1. The lowest BCUT2D eigenvalue weighted by atomic mass is 9.87. The number of hydrogen-bond acceptors (Lipinski definition) is 6. The number of nitriles is 1. The highest BCUT2D eigenvalue weighted by Gasteiger charge is 2.32. The van der Waals surface area contributed by atoms with Gasteiger partial charge in [0.25, 0.3) is 0 Å². The van der Waals surface area contributed by atoms with Crippen molar-refractivity contribution in [3.8, 4) is 22.9 Å². The number of pyridine rings is 1. The molecule has 2 aromatic carbocycles. The average Bonchev–Trinajstić information content (AvgIpc) is 3.35. The zero-order valence-corrected chi connectivity index (χ0v) is 19.3. The normalized spacial score (nSPS) is 22.3. The number of nitrogens with zero attached hydrogens (tertiary/aromatic N) is 3. The highest BCUT2D eigenvalue weighted by molar-refractivity contribution is 5.97. The standard InChI is InChI=1S/C27H27FN4O2/c1-16(2)26-31-27(34-32-26)18-7-9-19(10-8-18)33-24-12-13-30-25-21(4-3-5-22(24)25)20-11-6-17(15-29)14-23(20)28/h3-6,11-14,16,18-19,26,32H,7-10H2,1-2H3. The van der Waals surface area contributed by atoms with Gasteiger partial charge in [-0.25, -0.2) is 9.38 Å². The van der Waals surface area contributed by atoms with Gasteiger partial charge in [-0.05, 0) is 55.9 Å². The Balaban J connectivity index is 1.34. The van der Waals surface area contributed by atoms with Crippen LogP contribution in [0, 0.1) is 29.0 Å². The summed E-state index contributed by atoms with van der Waals surface area (Å²) in [5, 5.41) is 9.88. The van der Waals surface area contributed by atoms with Crippen LogP contribution in [0.25, 0.3) is 22.0 Å². The number of rotatable bonds is 5. The summed E-state index contributed by atoms with van der Waals surface area (Å²) < 4.78 is 21.1. The van der Waals surface area contributed by atoms with Crippen LogP contribution in [0.4, 0.5) is 4.39 Å². The van der Waals surface area contributed by atoms with Crippen molar-refractivity contribution in [1.82, 2.24) is 10.5 Å². The molecule has 2 heterocycles. The first kappa shape index (κ1) is 22.3. The molecule has 1 fully saturated rings. The van der Waals surface area contributed by atoms with Crippen LogP contribution in [0.1, 0.15) is 45.1 Å². The summed E-state index contributed by atoms with van der Waals surface area (Å²) >= 11 is 0. The predicted molar refractivity (Wildman–Crippen MR) is 129 cm³/mol. The molecule has 2 aliphatic rings. The molecule has 1 aliphatic carbocycles. The molecule has 7 heteroatoms. The lowest BCUT2D eigenvalue weighted by molar-refractivity contribution is 0.122. The van der Waals surface area contributed by atoms with E-state index in [2.05, 4.69) is 24.3 Å². The van der Waals surface area contributed by atoms with Gasteiger partial charge in [-0.2, -0.15) is 5.26 Å². The van der Waals surface area contributed by atoms with Crippen molar-refractivity contribution in [2.24, 2.45) is 16.8 Å². The van der Waals surface area contributed by atoms with Crippen molar-refractivity contribution in [3.63, 3.8) is 0 Å². The Labute approximate surface area is 198 Å². The first-order valence-corrected chi connectivity index (χ1v) is 11.8. The molecular formula is C27H27FN4O2. The Hall–Kier alpha value is -3.50. The first-order chi connectivity index (χ1) is 16.5. The Bertz CT molecular complexity index is 1280. The van der Waals surface area contributed by atoms with Crippen LogP contribution in [-0.2, 0) is 4.84 Å². The van der Waals surface area contributed by atoms with E-state index >= 15 is 0 Å². The molecule has 0 radical (unpaired) electrons. The van der Waals surface area contributed by atoms with E-state index in [1.54, 1.807) is 18.3 Å². The van der Waals surface area contributed by atoms with Crippen LogP contribution < -0.4 is 10.2 Å². The number of ether oxygens (including phenoxy) is 1. The molecule has 1 aromatic heterocycles. The van der Waals surface area contributed by atoms with E-state index in [4.69, 9.17) is 19.8 Å². The van der Waals surface area contributed by atoms with Crippen molar-refractivity contribution < 1.29 is 14.0 Å². The summed E-state index contributed by atoms with van der Waals surface area (Å²) in [6, 6.07) is 14.0. The van der Waals surface area contributed by atoms with Crippen LogP contribution in [0.5, 0.6) is 5.75 Å². The first-order valence-electron chi connectivity index (χ1n) is 11.8. The van der Waals surface area contributed by atoms with Gasteiger partial charge in [-0.3, -0.25) is 4.98 Å². The van der Waals surface area contributed by atoms with Crippen LogP contribution in [-0.4, -0.2) is 23.2 Å². The average molecular weight is 459 g/mol. The minimum Gasteiger partial charge on any atom is -0.490 e. The molecule has 6 nitrogen and oxygen atoms in total. The van der Waals surface area contributed by atoms with Gasteiger partial charge in [-0.1, -0.05) is 32.0 Å². The fraction of sp³-hybridized carbons (Fsp3) is 0.370. The zero-order chi connectivity index (χ0) is 23.7. The quantitative estimate of drug-likeness (QED) is 0.525. The molecule has 174 valence electrons. The minimum atomic E-state index is -0.441. The molecule has 5 rings (SSSR count). The fourth-order valence-electron chi connectivity index (χ4n) is 4.67. The van der Waals surface area contributed by atoms with Gasteiger partial charge in [0.2, 0.25) is 5.90 Å². The molecule has 1 N–H and O–H groups in total. The van der Waals surface area contributed by atoms with E-state index in [0.717, 1.165) is 42.7 Å². The van der Waals surface area contributed by atoms with Crippen molar-refractivity contribution in [1.29, 1.82) is 5.26 Å². The summed E-state index contributed by atoms with van der Waals surface area (Å²) in [4.78, 5) is 14.9. The van der Waals surface area contributed by atoms with Gasteiger partial charge >= 0.3 is 0 Å². The van der Waals surface area contributed by atoms with E-state index < -0.39 is 5.82 Å². The summed E-state index contributed by atoms with van der Waals surface area (Å²) in [6.07, 6.45) is 5.56. The second kappa shape index (κ2) is 9.40. The van der Waals surface area contributed by atoms with Crippen LogP contribution >= 0.6 is 0 Å². The molecule has 0 saturated heterocycles. The number of halogens is 1. The summed E-state index contributed by atoms with van der Waals surface area (Å²) in [5.74, 6) is 1.83. The lowest BCUT2D eigenvalue weighted by Gasteiger charge is -2.28. The van der Waals surface area contributed by atoms with Crippen molar-refractivity contribution >= 4 is 16.8 Å². The van der Waals surface area contributed by atoms with Gasteiger partial charge in [0.15, 0.2) is 0 Å². The fourth-order valence-corrected chi connectivity index (χ4v) is 4.67. The number of benzene rings is 2. The molecule has 0 bridgehead atoms. The molecule has 3 aromatic rings. The highest BCUT2D eigenvalue weighted by atomic mass is 19.1. The Kier molecular flexibility index (Phi) is 6.16.